The number of phenols is 4. The number of hydrogen-bond acceptors (Lipinski definition) is 10. The fourth-order valence-electron chi connectivity index (χ4n) is 7.60. The Morgan fingerprint density at radius 2 is 0.826 bits per heavy atom. The van der Waals surface area contributed by atoms with Crippen molar-refractivity contribution in [3.8, 4) is 23.0 Å². The van der Waals surface area contributed by atoms with Gasteiger partial charge in [-0.05, 0) is 108 Å². The van der Waals surface area contributed by atoms with Crippen molar-refractivity contribution in [2.24, 2.45) is 20.5 Å². The Kier molecular flexibility index (Phi) is 18.2. The smallest absolute Gasteiger partial charge is 0.259 e. The topological polar surface area (TPSA) is 189 Å². The first-order valence-corrected chi connectivity index (χ1v) is 22.8. The number of aromatic hydroxyl groups is 4. The van der Waals surface area contributed by atoms with E-state index in [0.717, 1.165) is 73.3 Å². The molecular formula is C56H54FeN6O6. The van der Waals surface area contributed by atoms with Gasteiger partial charge in [-0.2, -0.15) is 0 Å². The van der Waals surface area contributed by atoms with Crippen molar-refractivity contribution in [1.29, 1.82) is 0 Å². The Balaban J connectivity index is 0.000000224. The zero-order valence-electron chi connectivity index (χ0n) is 38.4. The minimum Gasteiger partial charge on any atom is -0.506 e. The number of carbonyl (C=O) groups excluding carboxylic acids is 2. The third-order valence-corrected chi connectivity index (χ3v) is 11.3. The molecule has 352 valence electrons. The number of carbonyl (C=O) groups is 2. The second kappa shape index (κ2) is 24.8. The zero-order chi connectivity index (χ0) is 47.8. The van der Waals surface area contributed by atoms with E-state index < -0.39 is 11.8 Å². The summed E-state index contributed by atoms with van der Waals surface area (Å²) in [7, 11) is 0. The summed E-state index contributed by atoms with van der Waals surface area (Å²) in [6, 6.07) is 46.6. The molecule has 69 heavy (non-hydrogen) atoms. The Morgan fingerprint density at radius 1 is 0.449 bits per heavy atom. The molecule has 8 aromatic rings. The van der Waals surface area contributed by atoms with Crippen LogP contribution < -0.4 is 10.6 Å². The molecule has 0 aromatic heterocycles. The van der Waals surface area contributed by atoms with E-state index in [1.165, 1.54) is 0 Å². The quantitative estimate of drug-likeness (QED) is 0.0317. The third kappa shape index (κ3) is 13.2. The van der Waals surface area contributed by atoms with Gasteiger partial charge in [-0.3, -0.25) is 9.59 Å². The van der Waals surface area contributed by atoms with Gasteiger partial charge in [-0.1, -0.05) is 137 Å². The predicted octanol–water partition coefficient (Wildman–Crippen LogP) is 15.3. The van der Waals surface area contributed by atoms with Crippen LogP contribution in [0.15, 0.2) is 178 Å². The number of aryl methyl sites for hydroxylation is 2. The second-order valence-corrected chi connectivity index (χ2v) is 16.3. The van der Waals surface area contributed by atoms with Crippen LogP contribution in [0.1, 0.15) is 84.2 Å². The maximum absolute atomic E-state index is 12.9. The molecule has 0 spiro atoms. The summed E-state index contributed by atoms with van der Waals surface area (Å²) in [5.41, 5.74) is 4.52. The number of anilines is 2. The average Bonchev–Trinajstić information content (AvgIpc) is 3.35. The molecule has 0 bridgehead atoms. The Bertz CT molecular complexity index is 2880. The van der Waals surface area contributed by atoms with Gasteiger partial charge in [-0.25, -0.2) is 0 Å². The second-order valence-electron chi connectivity index (χ2n) is 16.3. The van der Waals surface area contributed by atoms with Gasteiger partial charge in [0, 0.05) is 39.2 Å². The summed E-state index contributed by atoms with van der Waals surface area (Å²) >= 11 is 0. The van der Waals surface area contributed by atoms with Gasteiger partial charge in [0.25, 0.3) is 11.8 Å². The molecule has 0 fully saturated rings. The Morgan fingerprint density at radius 3 is 1.22 bits per heavy atom. The Hall–Kier alpha value is -7.86. The predicted molar refractivity (Wildman–Crippen MR) is 271 cm³/mol. The molecular weight excluding hydrogens is 908 g/mol. The van der Waals surface area contributed by atoms with Gasteiger partial charge in [-0.15, -0.1) is 20.5 Å². The first kappa shape index (κ1) is 50.5. The van der Waals surface area contributed by atoms with Crippen LogP contribution in [0.2, 0.25) is 0 Å². The van der Waals surface area contributed by atoms with Crippen LogP contribution in [0.5, 0.6) is 23.0 Å². The van der Waals surface area contributed by atoms with Gasteiger partial charge >= 0.3 is 0 Å². The number of amides is 2. The fourth-order valence-corrected chi connectivity index (χ4v) is 7.60. The van der Waals surface area contributed by atoms with E-state index in [2.05, 4.69) is 44.9 Å². The SMILES string of the molecule is CCCCCc1ccc(O)c(N=Nc2c(O)c(C(=O)Nc3ccccc3)cc3ccccc23)c1.CCCCCc1ccc(O)c(N=Nc2c(O)c(C(=O)Nc3ccccc3)cc3ccccc23)c1.[Fe]. The van der Waals surface area contributed by atoms with E-state index >= 15 is 0 Å². The molecule has 8 rings (SSSR count). The number of azo groups is 2. The largest absolute Gasteiger partial charge is 0.506 e. The van der Waals surface area contributed by atoms with Crippen molar-refractivity contribution in [3.63, 3.8) is 0 Å². The summed E-state index contributed by atoms with van der Waals surface area (Å²) in [6.45, 7) is 4.31. The molecule has 0 unspecified atom stereocenters. The van der Waals surface area contributed by atoms with Gasteiger partial charge in [0.15, 0.2) is 11.5 Å². The summed E-state index contributed by atoms with van der Waals surface area (Å²) in [4.78, 5) is 25.9. The molecule has 8 aromatic carbocycles. The van der Waals surface area contributed by atoms with E-state index in [1.807, 2.05) is 97.1 Å². The number of phenolic OH excluding ortho intramolecular Hbond substituents is 4. The molecule has 0 aliphatic carbocycles. The molecule has 0 atom stereocenters. The number of hydrogen-bond donors (Lipinski definition) is 6. The van der Waals surface area contributed by atoms with E-state index in [1.54, 1.807) is 60.7 Å². The molecule has 13 heteroatoms. The number of fused-ring (bicyclic) bond motifs is 2. The van der Waals surface area contributed by atoms with E-state index in [4.69, 9.17) is 0 Å². The van der Waals surface area contributed by atoms with Crippen LogP contribution in [0.3, 0.4) is 0 Å². The Labute approximate surface area is 412 Å². The average molecular weight is 963 g/mol. The zero-order valence-corrected chi connectivity index (χ0v) is 39.5. The van der Waals surface area contributed by atoms with Crippen molar-refractivity contribution in [3.05, 3.63) is 180 Å². The standard InChI is InChI=1S/2C28H27N3O3.Fe/c2*1-2-3-5-10-19-15-16-25(32)24(17-19)30-31-26-22-14-9-8-11-20(22)18-23(27(26)33)28(34)29-21-12-6-4-7-13-21;/h2*4,6-9,11-18,32-33H,2-3,5,10H2,1H3,(H,29,34);. The van der Waals surface area contributed by atoms with Gasteiger partial charge in [0.1, 0.15) is 34.2 Å². The molecule has 0 aliphatic rings. The number of unbranched alkanes of at least 4 members (excludes halogenated alkanes) is 4. The van der Waals surface area contributed by atoms with Crippen LogP contribution in [0, 0.1) is 0 Å². The van der Waals surface area contributed by atoms with Crippen molar-refractivity contribution in [2.75, 3.05) is 10.6 Å². The molecule has 12 nitrogen and oxygen atoms in total. The number of para-hydroxylation sites is 2. The monoisotopic (exact) mass is 962 g/mol. The van der Waals surface area contributed by atoms with Crippen molar-refractivity contribution < 1.29 is 47.1 Å². The maximum Gasteiger partial charge on any atom is 0.259 e. The normalized spacial score (nSPS) is 11.0. The summed E-state index contributed by atoms with van der Waals surface area (Å²) < 4.78 is 0. The molecule has 0 saturated carbocycles. The fraction of sp³-hybridized carbons (Fsp3) is 0.179. The first-order valence-electron chi connectivity index (χ1n) is 22.8. The molecule has 0 radical (unpaired) electrons. The number of nitrogens with one attached hydrogen (secondary N) is 2. The molecule has 0 heterocycles. The summed E-state index contributed by atoms with van der Waals surface area (Å²) in [5.74, 6) is -1.43. The van der Waals surface area contributed by atoms with Crippen LogP contribution >= 0.6 is 0 Å². The number of nitrogens with zero attached hydrogens (tertiary/aromatic N) is 4. The van der Waals surface area contributed by atoms with Crippen LogP contribution in [0.25, 0.3) is 21.5 Å². The summed E-state index contributed by atoms with van der Waals surface area (Å²) in [6.07, 6.45) is 8.42. The van der Waals surface area contributed by atoms with Crippen LogP contribution in [-0.4, -0.2) is 32.2 Å². The van der Waals surface area contributed by atoms with Gasteiger partial charge in [0.2, 0.25) is 0 Å². The molecule has 2 amide bonds. The van der Waals surface area contributed by atoms with E-state index in [-0.39, 0.29) is 62.6 Å². The van der Waals surface area contributed by atoms with Crippen molar-refractivity contribution in [1.82, 2.24) is 0 Å². The maximum atomic E-state index is 12.9. The number of rotatable bonds is 16. The van der Waals surface area contributed by atoms with Gasteiger partial charge in [0.05, 0.1) is 11.1 Å². The van der Waals surface area contributed by atoms with Crippen LogP contribution in [0.4, 0.5) is 34.1 Å². The molecule has 6 N–H and O–H groups in total. The van der Waals surface area contributed by atoms with Crippen molar-refractivity contribution >= 4 is 67.5 Å². The first-order chi connectivity index (χ1) is 33.1. The van der Waals surface area contributed by atoms with Gasteiger partial charge < -0.3 is 31.1 Å². The third-order valence-electron chi connectivity index (χ3n) is 11.3. The van der Waals surface area contributed by atoms with Crippen molar-refractivity contribution in [2.45, 2.75) is 65.2 Å². The minimum atomic E-state index is -0.452. The summed E-state index contributed by atoms with van der Waals surface area (Å²) in [5, 5.41) is 68.0. The van der Waals surface area contributed by atoms with E-state index in [0.29, 0.717) is 33.5 Å². The minimum absolute atomic E-state index is 0. The van der Waals surface area contributed by atoms with Crippen LogP contribution in [-0.2, 0) is 29.9 Å². The number of benzene rings is 8. The molecule has 0 aliphatic heterocycles. The van der Waals surface area contributed by atoms with E-state index in [9.17, 15) is 30.0 Å². The molecule has 0 saturated heterocycles.